The number of hydrogen-bond acceptors (Lipinski definition) is 2. The van der Waals surface area contributed by atoms with Gasteiger partial charge in [0.25, 0.3) is 0 Å². The molecule has 2 rings (SSSR count). The van der Waals surface area contributed by atoms with E-state index in [2.05, 4.69) is 5.32 Å². The van der Waals surface area contributed by atoms with Crippen molar-refractivity contribution in [2.45, 2.75) is 6.54 Å². The number of halogens is 2. The lowest BCUT2D eigenvalue weighted by molar-refractivity contribution is 0.0990. The molecule has 0 saturated heterocycles. The van der Waals surface area contributed by atoms with Crippen LogP contribution in [0.2, 0.25) is 5.02 Å². The Morgan fingerprint density at radius 3 is 2.47 bits per heavy atom. The highest BCUT2D eigenvalue weighted by Crippen LogP contribution is 2.10. The molecule has 19 heavy (non-hydrogen) atoms. The molecule has 98 valence electrons. The average molecular weight is 278 g/mol. The first-order valence-corrected chi connectivity index (χ1v) is 6.27. The second-order valence-electron chi connectivity index (χ2n) is 4.13. The van der Waals surface area contributed by atoms with Crippen LogP contribution >= 0.6 is 11.6 Å². The molecule has 0 aliphatic heterocycles. The van der Waals surface area contributed by atoms with Gasteiger partial charge in [-0.3, -0.25) is 4.79 Å². The summed E-state index contributed by atoms with van der Waals surface area (Å²) in [5.41, 5.74) is 1.14. The minimum atomic E-state index is -0.269. The van der Waals surface area contributed by atoms with Gasteiger partial charge >= 0.3 is 0 Å². The Labute approximate surface area is 116 Å². The minimum Gasteiger partial charge on any atom is -0.305 e. The van der Waals surface area contributed by atoms with Crippen molar-refractivity contribution in [3.63, 3.8) is 0 Å². The summed E-state index contributed by atoms with van der Waals surface area (Å²) < 4.78 is 13.3. The normalized spacial score (nSPS) is 10.4. The van der Waals surface area contributed by atoms with Gasteiger partial charge in [0.1, 0.15) is 5.82 Å². The Morgan fingerprint density at radius 1 is 1.11 bits per heavy atom. The first-order chi connectivity index (χ1) is 9.16. The van der Waals surface area contributed by atoms with Gasteiger partial charge in [0.2, 0.25) is 0 Å². The maximum Gasteiger partial charge on any atom is 0.176 e. The van der Waals surface area contributed by atoms with Crippen LogP contribution in [0, 0.1) is 5.82 Å². The van der Waals surface area contributed by atoms with Gasteiger partial charge in [-0.05, 0) is 30.3 Å². The lowest BCUT2D eigenvalue weighted by Gasteiger charge is -2.05. The quantitative estimate of drug-likeness (QED) is 0.848. The van der Waals surface area contributed by atoms with Crippen molar-refractivity contribution in [3.05, 3.63) is 70.5 Å². The Morgan fingerprint density at radius 2 is 1.79 bits per heavy atom. The van der Waals surface area contributed by atoms with Gasteiger partial charge in [-0.1, -0.05) is 29.8 Å². The summed E-state index contributed by atoms with van der Waals surface area (Å²) in [4.78, 5) is 11.8. The molecule has 0 amide bonds. The Bertz CT molecular complexity index is 569. The van der Waals surface area contributed by atoms with Gasteiger partial charge in [0, 0.05) is 22.7 Å². The summed E-state index contributed by atoms with van der Waals surface area (Å²) in [6.45, 7) is 0.488. The Kier molecular flexibility index (Phi) is 4.66. The van der Waals surface area contributed by atoms with E-state index in [4.69, 9.17) is 11.6 Å². The third-order valence-corrected chi connectivity index (χ3v) is 2.98. The number of carbonyl (C=O) groups excluding carboxylic acids is 1. The maximum absolute atomic E-state index is 13.3. The number of nitrogens with one attached hydrogen (secondary N) is 1. The van der Waals surface area contributed by atoms with E-state index in [-0.39, 0.29) is 18.1 Å². The SMILES string of the molecule is O=C(CNCc1ccccc1F)c1ccc(Cl)cc1. The zero-order valence-corrected chi connectivity index (χ0v) is 11.0. The molecule has 0 aromatic heterocycles. The number of hydrogen-bond donors (Lipinski definition) is 1. The lowest BCUT2D eigenvalue weighted by Crippen LogP contribution is -2.23. The largest absolute Gasteiger partial charge is 0.305 e. The van der Waals surface area contributed by atoms with Crippen LogP contribution in [0.1, 0.15) is 15.9 Å². The molecule has 0 saturated carbocycles. The van der Waals surface area contributed by atoms with Crippen molar-refractivity contribution in [1.29, 1.82) is 0 Å². The predicted molar refractivity (Wildman–Crippen MR) is 73.9 cm³/mol. The lowest BCUT2D eigenvalue weighted by atomic mass is 10.1. The van der Waals surface area contributed by atoms with Crippen LogP contribution in [0.25, 0.3) is 0 Å². The highest BCUT2D eigenvalue weighted by atomic mass is 35.5. The number of benzene rings is 2. The predicted octanol–water partition coefficient (Wildman–Crippen LogP) is 3.45. The first kappa shape index (κ1) is 13.7. The van der Waals surface area contributed by atoms with Crippen molar-refractivity contribution in [3.8, 4) is 0 Å². The molecule has 4 heteroatoms. The Hall–Kier alpha value is -1.71. The van der Waals surface area contributed by atoms with Gasteiger partial charge < -0.3 is 5.32 Å². The third kappa shape index (κ3) is 3.88. The second-order valence-corrected chi connectivity index (χ2v) is 4.56. The van der Waals surface area contributed by atoms with Crippen LogP contribution in [-0.4, -0.2) is 12.3 Å². The molecule has 0 spiro atoms. The summed E-state index contributed by atoms with van der Waals surface area (Å²) in [5, 5.41) is 3.53. The van der Waals surface area contributed by atoms with Gasteiger partial charge in [0.15, 0.2) is 5.78 Å². The monoisotopic (exact) mass is 277 g/mol. The molecule has 1 N–H and O–H groups in total. The zero-order valence-electron chi connectivity index (χ0n) is 10.2. The smallest absolute Gasteiger partial charge is 0.176 e. The van der Waals surface area contributed by atoms with E-state index in [1.807, 2.05) is 0 Å². The van der Waals surface area contributed by atoms with Crippen LogP contribution in [0.5, 0.6) is 0 Å². The van der Waals surface area contributed by atoms with E-state index >= 15 is 0 Å². The molecule has 0 aliphatic carbocycles. The fourth-order valence-corrected chi connectivity index (χ4v) is 1.82. The highest BCUT2D eigenvalue weighted by Gasteiger charge is 2.06. The van der Waals surface area contributed by atoms with E-state index in [9.17, 15) is 9.18 Å². The number of ketones is 1. The van der Waals surface area contributed by atoms with Crippen molar-refractivity contribution in [2.75, 3.05) is 6.54 Å². The van der Waals surface area contributed by atoms with Gasteiger partial charge in [-0.25, -0.2) is 4.39 Å². The van der Waals surface area contributed by atoms with Crippen molar-refractivity contribution >= 4 is 17.4 Å². The molecule has 0 bridgehead atoms. The summed E-state index contributed by atoms with van der Waals surface area (Å²) in [6, 6.07) is 13.2. The number of Topliss-reactive ketones (excluding diaryl/α,β-unsaturated/α-hetero) is 1. The molecule has 0 atom stereocenters. The topological polar surface area (TPSA) is 29.1 Å². The molecule has 0 unspecified atom stereocenters. The number of carbonyl (C=O) groups is 1. The van der Waals surface area contributed by atoms with Gasteiger partial charge in [-0.2, -0.15) is 0 Å². The number of rotatable bonds is 5. The summed E-state index contributed by atoms with van der Waals surface area (Å²) in [6.07, 6.45) is 0. The van der Waals surface area contributed by atoms with Crippen LogP contribution < -0.4 is 5.32 Å². The van der Waals surface area contributed by atoms with Crippen LogP contribution in [-0.2, 0) is 6.54 Å². The fraction of sp³-hybridized carbons (Fsp3) is 0.133. The standard InChI is InChI=1S/C15H13ClFNO/c16-13-7-5-11(6-8-13)15(19)10-18-9-12-3-1-2-4-14(12)17/h1-8,18H,9-10H2. The summed E-state index contributed by atoms with van der Waals surface area (Å²) >= 11 is 5.75. The Balaban J connectivity index is 1.88. The van der Waals surface area contributed by atoms with E-state index < -0.39 is 0 Å². The first-order valence-electron chi connectivity index (χ1n) is 5.90. The van der Waals surface area contributed by atoms with E-state index in [1.54, 1.807) is 42.5 Å². The van der Waals surface area contributed by atoms with Gasteiger partial charge in [-0.15, -0.1) is 0 Å². The highest BCUT2D eigenvalue weighted by molar-refractivity contribution is 6.30. The van der Waals surface area contributed by atoms with E-state index in [1.165, 1.54) is 6.07 Å². The summed E-state index contributed by atoms with van der Waals surface area (Å²) in [7, 11) is 0. The maximum atomic E-state index is 13.3. The zero-order chi connectivity index (χ0) is 13.7. The van der Waals surface area contributed by atoms with Crippen LogP contribution in [0.15, 0.2) is 48.5 Å². The molecule has 0 heterocycles. The van der Waals surface area contributed by atoms with E-state index in [0.29, 0.717) is 22.7 Å². The van der Waals surface area contributed by atoms with Crippen LogP contribution in [0.3, 0.4) is 0 Å². The van der Waals surface area contributed by atoms with Crippen molar-refractivity contribution in [1.82, 2.24) is 5.32 Å². The molecular weight excluding hydrogens is 265 g/mol. The minimum absolute atomic E-state index is 0.0481. The second kappa shape index (κ2) is 6.45. The molecule has 2 aromatic carbocycles. The molecule has 0 fully saturated rings. The van der Waals surface area contributed by atoms with Gasteiger partial charge in [0.05, 0.1) is 6.54 Å². The molecule has 2 aromatic rings. The van der Waals surface area contributed by atoms with E-state index in [0.717, 1.165) is 0 Å². The third-order valence-electron chi connectivity index (χ3n) is 2.73. The molecule has 0 aliphatic rings. The van der Waals surface area contributed by atoms with Crippen molar-refractivity contribution in [2.24, 2.45) is 0 Å². The molecule has 2 nitrogen and oxygen atoms in total. The van der Waals surface area contributed by atoms with Crippen LogP contribution in [0.4, 0.5) is 4.39 Å². The molecule has 0 radical (unpaired) electrons. The van der Waals surface area contributed by atoms with Crippen molar-refractivity contribution < 1.29 is 9.18 Å². The summed E-state index contributed by atoms with van der Waals surface area (Å²) in [5.74, 6) is -0.318. The fourth-order valence-electron chi connectivity index (χ4n) is 1.69. The average Bonchev–Trinajstić information content (AvgIpc) is 2.41. The molecular formula is C15H13ClFNO.